The summed E-state index contributed by atoms with van der Waals surface area (Å²) in [6.07, 6.45) is 10.9. The van der Waals surface area contributed by atoms with Crippen LogP contribution in [0, 0.1) is 13.8 Å². The molecule has 0 fully saturated rings. The number of aryl methyl sites for hydroxylation is 2. The minimum absolute atomic E-state index is 0.224. The van der Waals surface area contributed by atoms with E-state index in [2.05, 4.69) is 159 Å². The highest BCUT2D eigenvalue weighted by Gasteiger charge is 2.45. The maximum absolute atomic E-state index is 7.25. The number of ether oxygens (including phenoxy) is 2. The Morgan fingerprint density at radius 3 is 1.96 bits per heavy atom. The molecule has 0 saturated carbocycles. The van der Waals surface area contributed by atoms with Gasteiger partial charge in [0.1, 0.15) is 6.61 Å². The van der Waals surface area contributed by atoms with E-state index in [1.807, 2.05) is 12.1 Å². The van der Waals surface area contributed by atoms with E-state index in [9.17, 15) is 0 Å². The van der Waals surface area contributed by atoms with Crippen LogP contribution in [0.15, 0.2) is 131 Å². The zero-order chi connectivity index (χ0) is 39.6. The molecule has 0 radical (unpaired) electrons. The first-order valence-electron chi connectivity index (χ1n) is 19.8. The van der Waals surface area contributed by atoms with E-state index < -0.39 is 0 Å². The lowest BCUT2D eigenvalue weighted by molar-refractivity contribution is -0.441. The Bertz CT molecular complexity index is 2260. The second-order valence-corrected chi connectivity index (χ2v) is 16.6. The maximum atomic E-state index is 7.25. The smallest absolute Gasteiger partial charge is 0.210 e. The molecule has 290 valence electrons. The van der Waals surface area contributed by atoms with Crippen molar-refractivity contribution in [2.24, 2.45) is 0 Å². The highest BCUT2D eigenvalue weighted by molar-refractivity contribution is 6.33. The van der Waals surface area contributed by atoms with E-state index in [0.29, 0.717) is 13.2 Å². The highest BCUT2D eigenvalue weighted by atomic mass is 35.5. The van der Waals surface area contributed by atoms with E-state index >= 15 is 0 Å². The van der Waals surface area contributed by atoms with Crippen LogP contribution in [-0.2, 0) is 20.3 Å². The molecule has 2 N–H and O–H groups in total. The van der Waals surface area contributed by atoms with Crippen LogP contribution in [0.2, 0.25) is 0 Å². The van der Waals surface area contributed by atoms with Crippen LogP contribution in [0.25, 0.3) is 0 Å². The van der Waals surface area contributed by atoms with Crippen molar-refractivity contribution in [1.29, 1.82) is 0 Å². The largest absolute Gasteiger partial charge is 0.383 e. The zero-order valence-electron chi connectivity index (χ0n) is 34.2. The average Bonchev–Trinajstić information content (AvgIpc) is 3.70. The number of nitrogens with zero attached hydrogens (tertiary/aromatic N) is 2. The lowest BCUT2D eigenvalue weighted by atomic mass is 9.80. The minimum Gasteiger partial charge on any atom is -0.383 e. The Balaban J connectivity index is 1.18. The van der Waals surface area contributed by atoms with E-state index in [1.54, 1.807) is 14.2 Å². The third kappa shape index (κ3) is 7.63. The van der Waals surface area contributed by atoms with Crippen molar-refractivity contribution < 1.29 is 14.0 Å². The van der Waals surface area contributed by atoms with Crippen LogP contribution in [0.1, 0.15) is 62.8 Å². The van der Waals surface area contributed by atoms with Gasteiger partial charge in [-0.15, -0.1) is 0 Å². The molecule has 0 saturated heterocycles. The number of nitrogens with one attached hydrogen (secondary N) is 2. The van der Waals surface area contributed by atoms with E-state index in [1.165, 1.54) is 56.2 Å². The zero-order valence-corrected chi connectivity index (χ0v) is 35.0. The third-order valence-electron chi connectivity index (χ3n) is 11.7. The SMILES string of the molecule is COCCN1/C(=C\C=C2/CCC(/C=C/C3=[N+](CCOC)c4cc(C)c(Nc5ccccc5)cc4C3(C)C)=C2Cl)C(C)(C)c2cc(Nc3ccccc3)c(C)cc21. The van der Waals surface area contributed by atoms with Gasteiger partial charge in [0.15, 0.2) is 12.3 Å². The van der Waals surface area contributed by atoms with Gasteiger partial charge < -0.3 is 25.0 Å². The van der Waals surface area contributed by atoms with E-state index in [-0.39, 0.29) is 10.8 Å². The first-order chi connectivity index (χ1) is 26.9. The summed E-state index contributed by atoms with van der Waals surface area (Å²) in [5, 5.41) is 8.15. The van der Waals surface area contributed by atoms with Crippen LogP contribution in [0.3, 0.4) is 0 Å². The van der Waals surface area contributed by atoms with Gasteiger partial charge in [-0.1, -0.05) is 74.0 Å². The molecule has 4 aromatic carbocycles. The predicted octanol–water partition coefficient (Wildman–Crippen LogP) is 11.9. The predicted molar refractivity (Wildman–Crippen MR) is 236 cm³/mol. The summed E-state index contributed by atoms with van der Waals surface area (Å²) in [6.45, 7) is 16.4. The highest BCUT2D eigenvalue weighted by Crippen LogP contribution is 2.50. The van der Waals surface area contributed by atoms with Gasteiger partial charge >= 0.3 is 0 Å². The Kier molecular flexibility index (Phi) is 11.5. The van der Waals surface area contributed by atoms with Crippen LogP contribution in [0.4, 0.5) is 34.1 Å². The first kappa shape index (κ1) is 39.4. The quantitative estimate of drug-likeness (QED) is 0.133. The molecule has 6 nitrogen and oxygen atoms in total. The maximum Gasteiger partial charge on any atom is 0.210 e. The van der Waals surface area contributed by atoms with Crippen molar-refractivity contribution in [2.45, 2.75) is 65.2 Å². The Hall–Kier alpha value is -4.88. The molecule has 0 aromatic heterocycles. The molecule has 3 aliphatic rings. The van der Waals surface area contributed by atoms with Crippen LogP contribution >= 0.6 is 11.6 Å². The standard InChI is InChI=1S/C49H56ClN4O2/c1-33-29-43-39(31-41(33)51-37-15-11-9-12-16-37)48(3,4)45(53(43)25-27-55-7)23-21-35-19-20-36(47(35)50)22-24-46-49(5,6)40-32-42(52-38-17-13-10-14-18-38)34(2)30-44(40)54(46)26-28-56-8/h9-18,21-24,29-32,51-52H,19-20,25-28H2,1-8H3/q+1. The van der Waals surface area contributed by atoms with Gasteiger partial charge in [-0.25, -0.2) is 0 Å². The van der Waals surface area contributed by atoms with Gasteiger partial charge in [-0.2, -0.15) is 4.58 Å². The molecule has 0 spiro atoms. The molecule has 4 aromatic rings. The molecule has 7 rings (SSSR count). The number of hydrogen-bond acceptors (Lipinski definition) is 5. The monoisotopic (exact) mass is 767 g/mol. The number of allylic oxidation sites excluding steroid dienone is 8. The Morgan fingerprint density at radius 1 is 0.732 bits per heavy atom. The molecule has 0 bridgehead atoms. The number of methoxy groups -OCH3 is 2. The first-order valence-corrected chi connectivity index (χ1v) is 20.1. The normalized spacial score (nSPS) is 18.5. The molecule has 1 aliphatic carbocycles. The fourth-order valence-electron chi connectivity index (χ4n) is 8.48. The molecule has 0 amide bonds. The molecule has 0 atom stereocenters. The van der Waals surface area contributed by atoms with Crippen LogP contribution < -0.4 is 15.5 Å². The second-order valence-electron chi connectivity index (χ2n) is 16.2. The number of halogens is 1. The number of hydrogen-bond donors (Lipinski definition) is 2. The van der Waals surface area contributed by atoms with Crippen molar-refractivity contribution >= 4 is 51.4 Å². The van der Waals surface area contributed by atoms with E-state index in [0.717, 1.165) is 53.7 Å². The van der Waals surface area contributed by atoms with Crippen LogP contribution in [-0.4, -0.2) is 50.8 Å². The lowest BCUT2D eigenvalue weighted by Crippen LogP contribution is -2.28. The Morgan fingerprint density at radius 2 is 1.34 bits per heavy atom. The van der Waals surface area contributed by atoms with Gasteiger partial charge in [0, 0.05) is 83.1 Å². The molecular weight excluding hydrogens is 712 g/mol. The fraction of sp³-hybridized carbons (Fsp3) is 0.327. The van der Waals surface area contributed by atoms with Gasteiger partial charge in [0.25, 0.3) is 0 Å². The number of anilines is 5. The molecule has 7 heteroatoms. The summed E-state index contributed by atoms with van der Waals surface area (Å²) < 4.78 is 13.6. The van der Waals surface area contributed by atoms with Gasteiger partial charge in [0.05, 0.1) is 12.0 Å². The van der Waals surface area contributed by atoms with Crippen LogP contribution in [0.5, 0.6) is 0 Å². The number of fused-ring (bicyclic) bond motifs is 2. The van der Waals surface area contributed by atoms with E-state index in [4.69, 9.17) is 21.1 Å². The second kappa shape index (κ2) is 16.3. The summed E-state index contributed by atoms with van der Waals surface area (Å²) >= 11 is 7.25. The fourth-order valence-corrected chi connectivity index (χ4v) is 8.79. The van der Waals surface area contributed by atoms with Gasteiger partial charge in [-0.3, -0.25) is 0 Å². The average molecular weight is 768 g/mol. The lowest BCUT2D eigenvalue weighted by Gasteiger charge is -2.26. The number of rotatable bonds is 13. The minimum atomic E-state index is -0.224. The summed E-state index contributed by atoms with van der Waals surface area (Å²) in [7, 11) is 3.54. The van der Waals surface area contributed by atoms with Crippen molar-refractivity contribution in [1.82, 2.24) is 0 Å². The summed E-state index contributed by atoms with van der Waals surface area (Å²) in [6, 6.07) is 30.0. The molecular formula is C49H56ClN4O2+. The third-order valence-corrected chi connectivity index (χ3v) is 12.2. The molecule has 0 unspecified atom stereocenters. The molecule has 2 heterocycles. The number of para-hydroxylation sites is 2. The van der Waals surface area contributed by atoms with Gasteiger partial charge in [0.2, 0.25) is 5.69 Å². The number of benzene rings is 4. The topological polar surface area (TPSA) is 48.8 Å². The summed E-state index contributed by atoms with van der Waals surface area (Å²) in [5.74, 6) is 0. The van der Waals surface area contributed by atoms with Crippen molar-refractivity contribution in [3.8, 4) is 0 Å². The van der Waals surface area contributed by atoms with Crippen molar-refractivity contribution in [3.63, 3.8) is 0 Å². The van der Waals surface area contributed by atoms with Crippen molar-refractivity contribution in [2.75, 3.05) is 56.1 Å². The van der Waals surface area contributed by atoms with Crippen molar-refractivity contribution in [3.05, 3.63) is 153 Å². The molecule has 2 aliphatic heterocycles. The Labute approximate surface area is 338 Å². The van der Waals surface area contributed by atoms with Gasteiger partial charge in [-0.05, 0) is 117 Å². The summed E-state index contributed by atoms with van der Waals surface area (Å²) in [5.41, 5.74) is 16.3. The summed E-state index contributed by atoms with van der Waals surface area (Å²) in [4.78, 5) is 2.43. The molecule has 56 heavy (non-hydrogen) atoms.